The monoisotopic (exact) mass is 674 g/mol. The molecule has 4 aromatic rings. The molecule has 5 rings (SSSR count). The van der Waals surface area contributed by atoms with Crippen LogP contribution in [0.15, 0.2) is 103 Å². The lowest BCUT2D eigenvalue weighted by Crippen LogP contribution is -2.73. The van der Waals surface area contributed by atoms with Crippen LogP contribution in [0.4, 0.5) is 0 Å². The molecular formula is C40H47ClO7. The van der Waals surface area contributed by atoms with Crippen LogP contribution in [-0.2, 0) is 44.4 Å². The maximum atomic E-state index is 11.7. The summed E-state index contributed by atoms with van der Waals surface area (Å²) in [5, 5.41) is 23.4. The molecule has 0 amide bonds. The quantitative estimate of drug-likeness (QED) is 0.144. The van der Waals surface area contributed by atoms with E-state index in [1.165, 1.54) is 0 Å². The van der Waals surface area contributed by atoms with Crippen molar-refractivity contribution in [3.8, 4) is 5.75 Å². The van der Waals surface area contributed by atoms with E-state index >= 15 is 0 Å². The van der Waals surface area contributed by atoms with Crippen molar-refractivity contribution in [3.05, 3.63) is 136 Å². The van der Waals surface area contributed by atoms with Crippen LogP contribution in [0.3, 0.4) is 0 Å². The highest BCUT2D eigenvalue weighted by Gasteiger charge is 2.66. The Morgan fingerprint density at radius 2 is 1.44 bits per heavy atom. The highest BCUT2D eigenvalue weighted by Crippen LogP contribution is 2.52. The van der Waals surface area contributed by atoms with Crippen LogP contribution in [0.5, 0.6) is 5.75 Å². The van der Waals surface area contributed by atoms with Crippen LogP contribution in [0.2, 0.25) is 5.02 Å². The van der Waals surface area contributed by atoms with Gasteiger partial charge in [-0.05, 0) is 73.7 Å². The van der Waals surface area contributed by atoms with E-state index in [4.69, 9.17) is 35.3 Å². The molecule has 256 valence electrons. The molecule has 4 aromatic carbocycles. The number of hydrogen-bond acceptors (Lipinski definition) is 7. The first kappa shape index (κ1) is 36.0. The lowest BCUT2D eigenvalue weighted by Gasteiger charge is -2.59. The van der Waals surface area contributed by atoms with E-state index in [1.54, 1.807) is 21.0 Å². The fourth-order valence-electron chi connectivity index (χ4n) is 6.70. The first-order chi connectivity index (χ1) is 23.1. The molecule has 1 heterocycles. The summed E-state index contributed by atoms with van der Waals surface area (Å²) in [6.45, 7) is 7.77. The number of hydrogen-bond donors (Lipinski definition) is 2. The van der Waals surface area contributed by atoms with E-state index < -0.39 is 41.7 Å². The van der Waals surface area contributed by atoms with Gasteiger partial charge in [0.2, 0.25) is 5.79 Å². The fraction of sp³-hybridized carbons (Fsp3) is 0.400. The zero-order valence-electron chi connectivity index (χ0n) is 28.4. The van der Waals surface area contributed by atoms with Crippen LogP contribution in [0.25, 0.3) is 0 Å². The summed E-state index contributed by atoms with van der Waals surface area (Å²) in [4.78, 5) is 0. The summed E-state index contributed by atoms with van der Waals surface area (Å²) in [6.07, 6.45) is -0.982. The molecule has 0 aliphatic carbocycles. The van der Waals surface area contributed by atoms with Gasteiger partial charge in [-0.15, -0.1) is 0 Å². The SMILES string of the molecule is CCOc1ccc(Cc2cc([C@]3(OC)O[C@@](CO)(C(C)(C)O)[C@@H](C)[C@H](OCc4ccccc4)[C@H]3OCc3ccccc3)ccc2Cl)cc1. The Hall–Kier alpha value is -3.27. The topological polar surface area (TPSA) is 86.6 Å². The number of aliphatic hydroxyl groups excluding tert-OH is 1. The normalized spacial score (nSPS) is 24.4. The Balaban J connectivity index is 1.63. The molecule has 0 unspecified atom stereocenters. The third-order valence-corrected chi connectivity index (χ3v) is 9.81. The standard InChI is InChI=1S/C40H47ClO7/c1-6-45-34-20-17-29(18-21-34)23-32-24-33(19-22-35(32)41)40(44-5)37(47-26-31-15-11-8-12-16-31)36(46-25-30-13-9-7-10-14-30)28(2)39(27-42,48-40)38(3,4)43/h7-22,24,28,36-37,42-43H,6,23,25-27H2,1-5H3/t28-,36-,37+,39+,40-/m0/s1. The van der Waals surface area contributed by atoms with Crippen LogP contribution in [0.1, 0.15) is 55.5 Å². The second kappa shape index (κ2) is 15.5. The smallest absolute Gasteiger partial charge is 0.225 e. The minimum Gasteiger partial charge on any atom is -0.494 e. The highest BCUT2D eigenvalue weighted by molar-refractivity contribution is 6.31. The van der Waals surface area contributed by atoms with Gasteiger partial charge >= 0.3 is 0 Å². The molecule has 1 aliphatic heterocycles. The Morgan fingerprint density at radius 1 is 0.833 bits per heavy atom. The van der Waals surface area contributed by atoms with Gasteiger partial charge < -0.3 is 33.9 Å². The molecule has 0 bridgehead atoms. The minimum atomic E-state index is -1.62. The summed E-state index contributed by atoms with van der Waals surface area (Å²) in [5.74, 6) is -1.36. The van der Waals surface area contributed by atoms with E-state index in [0.29, 0.717) is 23.6 Å². The van der Waals surface area contributed by atoms with Crippen molar-refractivity contribution in [1.29, 1.82) is 0 Å². The van der Waals surface area contributed by atoms with Gasteiger partial charge in [0.05, 0.1) is 38.1 Å². The van der Waals surface area contributed by atoms with Gasteiger partial charge in [0, 0.05) is 23.6 Å². The molecule has 8 heteroatoms. The minimum absolute atomic E-state index is 0.249. The lowest BCUT2D eigenvalue weighted by molar-refractivity contribution is -0.422. The van der Waals surface area contributed by atoms with Gasteiger partial charge in [-0.2, -0.15) is 0 Å². The largest absolute Gasteiger partial charge is 0.494 e. The number of methoxy groups -OCH3 is 1. The van der Waals surface area contributed by atoms with Crippen molar-refractivity contribution in [2.75, 3.05) is 20.3 Å². The molecule has 48 heavy (non-hydrogen) atoms. The van der Waals surface area contributed by atoms with Crippen molar-refractivity contribution in [3.63, 3.8) is 0 Å². The molecule has 1 fully saturated rings. The Kier molecular flexibility index (Phi) is 11.6. The zero-order chi connectivity index (χ0) is 34.4. The Morgan fingerprint density at radius 3 is 1.98 bits per heavy atom. The van der Waals surface area contributed by atoms with E-state index in [9.17, 15) is 10.2 Å². The van der Waals surface area contributed by atoms with Crippen molar-refractivity contribution in [2.24, 2.45) is 5.92 Å². The van der Waals surface area contributed by atoms with Crippen molar-refractivity contribution < 1.29 is 33.9 Å². The molecule has 0 radical (unpaired) electrons. The molecule has 1 saturated heterocycles. The van der Waals surface area contributed by atoms with E-state index in [0.717, 1.165) is 28.0 Å². The molecular weight excluding hydrogens is 628 g/mol. The van der Waals surface area contributed by atoms with Crippen molar-refractivity contribution in [2.45, 2.75) is 76.5 Å². The van der Waals surface area contributed by atoms with Crippen LogP contribution in [-0.4, -0.2) is 53.9 Å². The number of halogens is 1. The summed E-state index contributed by atoms with van der Waals surface area (Å²) in [5.41, 5.74) is 1.43. The molecule has 0 saturated carbocycles. The fourth-order valence-corrected chi connectivity index (χ4v) is 6.88. The van der Waals surface area contributed by atoms with Gasteiger partial charge in [-0.25, -0.2) is 0 Å². The number of aliphatic hydroxyl groups is 2. The predicted octanol–water partition coefficient (Wildman–Crippen LogP) is 7.47. The average Bonchev–Trinajstić information content (AvgIpc) is 3.09. The molecule has 2 N–H and O–H groups in total. The molecule has 1 aliphatic rings. The van der Waals surface area contributed by atoms with Crippen molar-refractivity contribution in [1.82, 2.24) is 0 Å². The molecule has 7 nitrogen and oxygen atoms in total. The molecule has 5 atom stereocenters. The maximum Gasteiger partial charge on any atom is 0.225 e. The van der Waals surface area contributed by atoms with Crippen LogP contribution >= 0.6 is 11.6 Å². The Labute approximate surface area is 289 Å². The van der Waals surface area contributed by atoms with Crippen LogP contribution in [0, 0.1) is 5.92 Å². The number of ether oxygens (including phenoxy) is 5. The Bertz CT molecular complexity index is 1590. The number of benzene rings is 4. The zero-order valence-corrected chi connectivity index (χ0v) is 29.2. The summed E-state index contributed by atoms with van der Waals surface area (Å²) in [6, 6.07) is 33.3. The summed E-state index contributed by atoms with van der Waals surface area (Å²) < 4.78 is 32.6. The lowest BCUT2D eigenvalue weighted by atomic mass is 9.68. The van der Waals surface area contributed by atoms with E-state index in [1.807, 2.05) is 117 Å². The third kappa shape index (κ3) is 7.48. The second-order valence-electron chi connectivity index (χ2n) is 12.9. The second-order valence-corrected chi connectivity index (χ2v) is 13.3. The van der Waals surface area contributed by atoms with Crippen molar-refractivity contribution >= 4 is 11.6 Å². The molecule has 0 spiro atoms. The van der Waals surface area contributed by atoms with Crippen LogP contribution < -0.4 is 4.74 Å². The van der Waals surface area contributed by atoms with Gasteiger partial charge in [0.25, 0.3) is 0 Å². The van der Waals surface area contributed by atoms with Gasteiger partial charge in [-0.1, -0.05) is 97.4 Å². The van der Waals surface area contributed by atoms with Gasteiger partial charge in [0.1, 0.15) is 17.5 Å². The highest BCUT2D eigenvalue weighted by atomic mass is 35.5. The predicted molar refractivity (Wildman–Crippen MR) is 187 cm³/mol. The molecule has 0 aromatic heterocycles. The first-order valence-electron chi connectivity index (χ1n) is 16.5. The average molecular weight is 675 g/mol. The summed E-state index contributed by atoms with van der Waals surface area (Å²) >= 11 is 6.82. The van der Waals surface area contributed by atoms with E-state index in [2.05, 4.69) is 0 Å². The summed E-state index contributed by atoms with van der Waals surface area (Å²) in [7, 11) is 1.55. The maximum absolute atomic E-state index is 11.7. The van der Waals surface area contributed by atoms with Gasteiger partial charge in [0.15, 0.2) is 0 Å². The third-order valence-electron chi connectivity index (χ3n) is 9.44. The number of rotatable bonds is 14. The van der Waals surface area contributed by atoms with E-state index in [-0.39, 0.29) is 13.2 Å². The van der Waals surface area contributed by atoms with Gasteiger partial charge in [-0.3, -0.25) is 0 Å². The first-order valence-corrected chi connectivity index (χ1v) is 16.8.